The monoisotopic (exact) mass is 287 g/mol. The molecule has 0 spiro atoms. The molecule has 0 fully saturated rings. The van der Waals surface area contributed by atoms with Crippen molar-refractivity contribution in [2.24, 2.45) is 0 Å². The largest absolute Gasteiger partial charge is 0.495 e. The van der Waals surface area contributed by atoms with Gasteiger partial charge in [-0.05, 0) is 12.1 Å². The normalized spacial score (nSPS) is 10.4. The molecule has 0 aliphatic heterocycles. The zero-order chi connectivity index (χ0) is 12.4. The Morgan fingerprint density at radius 2 is 1.88 bits per heavy atom. The second-order valence-corrected chi connectivity index (χ2v) is 4.46. The van der Waals surface area contributed by atoms with Crippen LogP contribution < -0.4 is 4.74 Å². The minimum Gasteiger partial charge on any atom is -0.495 e. The van der Waals surface area contributed by atoms with Crippen LogP contribution in [0.5, 0.6) is 5.75 Å². The number of ether oxygens (including phenoxy) is 1. The van der Waals surface area contributed by atoms with Crippen LogP contribution in [0.25, 0.3) is 11.1 Å². The van der Waals surface area contributed by atoms with Gasteiger partial charge in [-0.2, -0.15) is 0 Å². The Morgan fingerprint density at radius 1 is 1.12 bits per heavy atom. The maximum Gasteiger partial charge on any atom is 0.137 e. The van der Waals surface area contributed by atoms with Gasteiger partial charge in [0.1, 0.15) is 10.9 Å². The molecule has 88 valence electrons. The van der Waals surface area contributed by atoms with E-state index >= 15 is 0 Å². The highest BCUT2D eigenvalue weighted by atomic mass is 35.5. The van der Waals surface area contributed by atoms with E-state index in [1.54, 1.807) is 31.5 Å². The van der Waals surface area contributed by atoms with Crippen LogP contribution in [0.2, 0.25) is 15.2 Å². The van der Waals surface area contributed by atoms with Crippen molar-refractivity contribution in [3.8, 4) is 16.9 Å². The van der Waals surface area contributed by atoms with Gasteiger partial charge in [0.05, 0.1) is 23.4 Å². The second-order valence-electron chi connectivity index (χ2n) is 3.31. The molecule has 0 radical (unpaired) electrons. The fourth-order valence-corrected chi connectivity index (χ4v) is 2.05. The van der Waals surface area contributed by atoms with Gasteiger partial charge in [-0.25, -0.2) is 4.98 Å². The van der Waals surface area contributed by atoms with Crippen molar-refractivity contribution in [3.63, 3.8) is 0 Å². The van der Waals surface area contributed by atoms with Crippen molar-refractivity contribution in [1.29, 1.82) is 0 Å². The van der Waals surface area contributed by atoms with Crippen LogP contribution in [0.15, 0.2) is 30.5 Å². The molecule has 1 aromatic carbocycles. The van der Waals surface area contributed by atoms with Crippen molar-refractivity contribution in [3.05, 3.63) is 45.7 Å². The van der Waals surface area contributed by atoms with Crippen molar-refractivity contribution >= 4 is 34.8 Å². The second kappa shape index (κ2) is 5.13. The van der Waals surface area contributed by atoms with E-state index in [9.17, 15) is 0 Å². The van der Waals surface area contributed by atoms with Crippen LogP contribution >= 0.6 is 34.8 Å². The number of halogens is 3. The molecule has 0 amide bonds. The average Bonchev–Trinajstić information content (AvgIpc) is 2.34. The summed E-state index contributed by atoms with van der Waals surface area (Å²) in [7, 11) is 1.56. The predicted octanol–water partition coefficient (Wildman–Crippen LogP) is 4.72. The van der Waals surface area contributed by atoms with Gasteiger partial charge >= 0.3 is 0 Å². The summed E-state index contributed by atoms with van der Waals surface area (Å²) in [6, 6.07) is 7.12. The van der Waals surface area contributed by atoms with Crippen molar-refractivity contribution in [1.82, 2.24) is 4.98 Å². The summed E-state index contributed by atoms with van der Waals surface area (Å²) >= 11 is 18.1. The topological polar surface area (TPSA) is 22.1 Å². The molecule has 0 aliphatic carbocycles. The lowest BCUT2D eigenvalue weighted by atomic mass is 10.1. The first-order valence-corrected chi connectivity index (χ1v) is 5.91. The minimum atomic E-state index is 0.356. The number of hydrogen-bond acceptors (Lipinski definition) is 2. The average molecular weight is 289 g/mol. The van der Waals surface area contributed by atoms with Crippen LogP contribution in [0, 0.1) is 0 Å². The Balaban J connectivity index is 2.63. The zero-order valence-corrected chi connectivity index (χ0v) is 11.1. The molecule has 0 N–H and O–H groups in total. The minimum absolute atomic E-state index is 0.356. The third-order valence-corrected chi connectivity index (χ3v) is 3.41. The smallest absolute Gasteiger partial charge is 0.137 e. The van der Waals surface area contributed by atoms with Crippen molar-refractivity contribution in [2.75, 3.05) is 7.11 Å². The van der Waals surface area contributed by atoms with Gasteiger partial charge in [0.15, 0.2) is 0 Å². The Kier molecular flexibility index (Phi) is 3.77. The predicted molar refractivity (Wildman–Crippen MR) is 71.3 cm³/mol. The first-order chi connectivity index (χ1) is 8.13. The Bertz CT molecular complexity index is 557. The SMILES string of the molecule is COc1cnc(Cl)c(-c2cccc(Cl)c2Cl)c1. The van der Waals surface area contributed by atoms with E-state index in [2.05, 4.69) is 4.98 Å². The highest BCUT2D eigenvalue weighted by molar-refractivity contribution is 6.44. The molecule has 0 atom stereocenters. The molecular formula is C12H8Cl3NO. The summed E-state index contributed by atoms with van der Waals surface area (Å²) in [5, 5.41) is 1.28. The lowest BCUT2D eigenvalue weighted by molar-refractivity contribution is 0.413. The highest BCUT2D eigenvalue weighted by Crippen LogP contribution is 2.37. The molecule has 2 nitrogen and oxygen atoms in total. The lowest BCUT2D eigenvalue weighted by Gasteiger charge is -2.09. The third-order valence-electron chi connectivity index (χ3n) is 2.29. The molecular weight excluding hydrogens is 280 g/mol. The number of pyridine rings is 1. The van der Waals surface area contributed by atoms with Gasteiger partial charge in [0.2, 0.25) is 0 Å². The van der Waals surface area contributed by atoms with Crippen LogP contribution in [-0.2, 0) is 0 Å². The molecule has 0 aliphatic rings. The Hall–Kier alpha value is -0.960. The summed E-state index contributed by atoms with van der Waals surface area (Å²) in [5.41, 5.74) is 1.43. The molecule has 0 saturated carbocycles. The summed E-state index contributed by atoms with van der Waals surface area (Å²) < 4.78 is 5.10. The number of benzene rings is 1. The van der Waals surface area contributed by atoms with Crippen LogP contribution in [-0.4, -0.2) is 12.1 Å². The van der Waals surface area contributed by atoms with Gasteiger partial charge in [-0.1, -0.05) is 46.9 Å². The molecule has 2 rings (SSSR count). The fourth-order valence-electron chi connectivity index (χ4n) is 1.44. The molecule has 5 heteroatoms. The van der Waals surface area contributed by atoms with Gasteiger partial charge in [0.25, 0.3) is 0 Å². The third kappa shape index (κ3) is 2.49. The number of nitrogens with zero attached hydrogens (tertiary/aromatic N) is 1. The van der Waals surface area contributed by atoms with Crippen LogP contribution in [0.1, 0.15) is 0 Å². The van der Waals surface area contributed by atoms with E-state index in [4.69, 9.17) is 39.5 Å². The summed E-state index contributed by atoms with van der Waals surface area (Å²) in [5.74, 6) is 0.612. The molecule has 0 bridgehead atoms. The quantitative estimate of drug-likeness (QED) is 0.746. The number of aromatic nitrogens is 1. The standard InChI is InChI=1S/C12H8Cl3NO/c1-17-7-5-9(12(15)16-6-7)8-3-2-4-10(13)11(8)14/h2-6H,1H3. The van der Waals surface area contributed by atoms with Gasteiger partial charge in [-0.15, -0.1) is 0 Å². The molecule has 0 saturated heterocycles. The highest BCUT2D eigenvalue weighted by Gasteiger charge is 2.12. The maximum absolute atomic E-state index is 6.14. The van der Waals surface area contributed by atoms with E-state index in [0.717, 1.165) is 5.56 Å². The summed E-state index contributed by atoms with van der Waals surface area (Å²) in [6.07, 6.45) is 1.55. The van der Waals surface area contributed by atoms with E-state index in [-0.39, 0.29) is 0 Å². The van der Waals surface area contributed by atoms with Crippen LogP contribution in [0.4, 0.5) is 0 Å². The molecule has 2 aromatic rings. The van der Waals surface area contributed by atoms with Crippen molar-refractivity contribution in [2.45, 2.75) is 0 Å². The molecule has 1 aromatic heterocycles. The lowest BCUT2D eigenvalue weighted by Crippen LogP contribution is -1.89. The van der Waals surface area contributed by atoms with E-state index in [0.29, 0.717) is 26.5 Å². The van der Waals surface area contributed by atoms with Gasteiger partial charge < -0.3 is 4.74 Å². The van der Waals surface area contributed by atoms with Gasteiger partial charge in [-0.3, -0.25) is 0 Å². The van der Waals surface area contributed by atoms with E-state index in [1.165, 1.54) is 0 Å². The Morgan fingerprint density at radius 3 is 2.59 bits per heavy atom. The number of methoxy groups -OCH3 is 1. The number of hydrogen-bond donors (Lipinski definition) is 0. The van der Waals surface area contributed by atoms with Crippen LogP contribution in [0.3, 0.4) is 0 Å². The molecule has 17 heavy (non-hydrogen) atoms. The van der Waals surface area contributed by atoms with E-state index in [1.807, 2.05) is 6.07 Å². The zero-order valence-electron chi connectivity index (χ0n) is 8.88. The maximum atomic E-state index is 6.14. The summed E-state index contributed by atoms with van der Waals surface area (Å²) in [6.45, 7) is 0. The Labute approximate surface area is 114 Å². The molecule has 0 unspecified atom stereocenters. The summed E-state index contributed by atoms with van der Waals surface area (Å²) in [4.78, 5) is 4.04. The first-order valence-electron chi connectivity index (χ1n) is 4.77. The van der Waals surface area contributed by atoms with Gasteiger partial charge in [0, 0.05) is 11.1 Å². The first kappa shape index (κ1) is 12.5. The fraction of sp³-hybridized carbons (Fsp3) is 0.0833. The number of rotatable bonds is 2. The molecule has 1 heterocycles. The van der Waals surface area contributed by atoms with Crippen molar-refractivity contribution < 1.29 is 4.74 Å². The van der Waals surface area contributed by atoms with E-state index < -0.39 is 0 Å².